The normalized spacial score (nSPS) is 23.4. The third-order valence-corrected chi connectivity index (χ3v) is 4.12. The van der Waals surface area contributed by atoms with Gasteiger partial charge in [-0.25, -0.2) is 4.79 Å². The summed E-state index contributed by atoms with van der Waals surface area (Å²) in [7, 11) is 0. The van der Waals surface area contributed by atoms with Gasteiger partial charge in [0.05, 0.1) is 12.2 Å². The van der Waals surface area contributed by atoms with Crippen LogP contribution in [0, 0.1) is 5.92 Å². The third kappa shape index (κ3) is 2.41. The summed E-state index contributed by atoms with van der Waals surface area (Å²) >= 11 is 1.48. The van der Waals surface area contributed by atoms with Crippen LogP contribution in [0.2, 0.25) is 0 Å². The van der Waals surface area contributed by atoms with Crippen molar-refractivity contribution < 1.29 is 14.3 Å². The second-order valence-electron chi connectivity index (χ2n) is 4.96. The van der Waals surface area contributed by atoms with Crippen LogP contribution < -0.4 is 0 Å². The highest BCUT2D eigenvalue weighted by atomic mass is 32.1. The molecule has 2 fully saturated rings. The summed E-state index contributed by atoms with van der Waals surface area (Å²) in [5.74, 6) is 0.100. The summed E-state index contributed by atoms with van der Waals surface area (Å²) in [5, 5.41) is 3.63. The summed E-state index contributed by atoms with van der Waals surface area (Å²) in [6.07, 6.45) is 2.79. The maximum atomic E-state index is 11.7. The maximum absolute atomic E-state index is 11.7. The lowest BCUT2D eigenvalue weighted by Gasteiger charge is -2.15. The first-order valence-electron chi connectivity index (χ1n) is 6.23. The predicted molar refractivity (Wildman–Crippen MR) is 67.4 cm³/mol. The van der Waals surface area contributed by atoms with Crippen molar-refractivity contribution in [3.8, 4) is 0 Å². The van der Waals surface area contributed by atoms with E-state index in [1.807, 2.05) is 10.3 Å². The Labute approximate surface area is 110 Å². The van der Waals surface area contributed by atoms with Crippen LogP contribution in [0.5, 0.6) is 0 Å². The van der Waals surface area contributed by atoms with E-state index < -0.39 is 0 Å². The first-order valence-corrected chi connectivity index (χ1v) is 7.17. The van der Waals surface area contributed by atoms with E-state index in [-0.39, 0.29) is 17.8 Å². The van der Waals surface area contributed by atoms with Gasteiger partial charge in [-0.3, -0.25) is 4.79 Å². The van der Waals surface area contributed by atoms with E-state index in [9.17, 15) is 9.59 Å². The van der Waals surface area contributed by atoms with Crippen LogP contribution in [0.15, 0.2) is 16.8 Å². The molecule has 18 heavy (non-hydrogen) atoms. The minimum atomic E-state index is -0.284. The highest BCUT2D eigenvalue weighted by Gasteiger charge is 2.39. The number of carbonyl (C=O) groups excluding carboxylic acids is 2. The fourth-order valence-corrected chi connectivity index (χ4v) is 2.94. The number of rotatable bonds is 4. The number of likely N-dealkylation sites (tertiary alicyclic amines) is 1. The van der Waals surface area contributed by atoms with Crippen LogP contribution in [0.25, 0.3) is 0 Å². The molecule has 1 amide bonds. The molecule has 0 N–H and O–H groups in total. The highest BCUT2D eigenvalue weighted by Crippen LogP contribution is 2.32. The van der Waals surface area contributed by atoms with E-state index in [2.05, 4.69) is 0 Å². The standard InChI is InChI=1S/C13H15NO3S/c15-12-5-9(6-14(12)11-1-2-11)7-17-13(16)10-3-4-18-8-10/h3-4,8-9,11H,1-2,5-7H2. The highest BCUT2D eigenvalue weighted by molar-refractivity contribution is 7.08. The van der Waals surface area contributed by atoms with Crippen LogP contribution >= 0.6 is 11.3 Å². The monoisotopic (exact) mass is 265 g/mol. The number of carbonyl (C=O) groups is 2. The van der Waals surface area contributed by atoms with Gasteiger partial charge in [-0.05, 0) is 24.3 Å². The van der Waals surface area contributed by atoms with Gasteiger partial charge in [0.1, 0.15) is 0 Å². The Morgan fingerprint density at radius 1 is 1.50 bits per heavy atom. The molecule has 0 radical (unpaired) electrons. The topological polar surface area (TPSA) is 46.6 Å². The summed E-state index contributed by atoms with van der Waals surface area (Å²) in [6, 6.07) is 2.22. The lowest BCUT2D eigenvalue weighted by Crippen LogP contribution is -2.27. The Balaban J connectivity index is 1.49. The van der Waals surface area contributed by atoms with Crippen LogP contribution in [0.1, 0.15) is 29.6 Å². The van der Waals surface area contributed by atoms with Crippen LogP contribution in [0.4, 0.5) is 0 Å². The average Bonchev–Trinajstić information content (AvgIpc) is 2.91. The third-order valence-electron chi connectivity index (χ3n) is 3.43. The van der Waals surface area contributed by atoms with Gasteiger partial charge in [-0.15, -0.1) is 0 Å². The van der Waals surface area contributed by atoms with Crippen molar-refractivity contribution in [3.63, 3.8) is 0 Å². The molecule has 1 aliphatic heterocycles. The largest absolute Gasteiger partial charge is 0.462 e. The van der Waals surface area contributed by atoms with Crippen LogP contribution in [0.3, 0.4) is 0 Å². The SMILES string of the molecule is O=C(OCC1CC(=O)N(C2CC2)C1)c1ccsc1. The van der Waals surface area contributed by atoms with Gasteiger partial charge in [0.15, 0.2) is 0 Å². The molecule has 0 spiro atoms. The minimum Gasteiger partial charge on any atom is -0.462 e. The molecule has 96 valence electrons. The van der Waals surface area contributed by atoms with Crippen molar-refractivity contribution in [1.82, 2.24) is 4.90 Å². The number of hydrogen-bond acceptors (Lipinski definition) is 4. The average molecular weight is 265 g/mol. The molecule has 5 heteroatoms. The molecule has 1 aliphatic carbocycles. The van der Waals surface area contributed by atoms with Gasteiger partial charge in [-0.2, -0.15) is 11.3 Å². The lowest BCUT2D eigenvalue weighted by molar-refractivity contribution is -0.128. The van der Waals surface area contributed by atoms with Gasteiger partial charge in [0.2, 0.25) is 5.91 Å². The van der Waals surface area contributed by atoms with Gasteiger partial charge in [-0.1, -0.05) is 0 Å². The molecule has 4 nitrogen and oxygen atoms in total. The fourth-order valence-electron chi connectivity index (χ4n) is 2.32. The molecular weight excluding hydrogens is 250 g/mol. The molecule has 1 saturated heterocycles. The van der Waals surface area contributed by atoms with E-state index in [4.69, 9.17) is 4.74 Å². The van der Waals surface area contributed by atoms with E-state index in [1.165, 1.54) is 11.3 Å². The lowest BCUT2D eigenvalue weighted by atomic mass is 10.1. The molecule has 1 unspecified atom stereocenters. The minimum absolute atomic E-state index is 0.167. The van der Waals surface area contributed by atoms with E-state index in [0.29, 0.717) is 24.6 Å². The molecule has 3 rings (SSSR count). The van der Waals surface area contributed by atoms with Gasteiger partial charge in [0, 0.05) is 30.3 Å². The smallest absolute Gasteiger partial charge is 0.338 e. The molecule has 2 heterocycles. The molecule has 1 atom stereocenters. The van der Waals surface area contributed by atoms with Crippen molar-refractivity contribution in [2.75, 3.05) is 13.2 Å². The van der Waals surface area contributed by atoms with Crippen molar-refractivity contribution >= 4 is 23.2 Å². The second kappa shape index (κ2) is 4.72. The van der Waals surface area contributed by atoms with Crippen molar-refractivity contribution in [2.45, 2.75) is 25.3 Å². The molecule has 1 aromatic rings. The summed E-state index contributed by atoms with van der Waals surface area (Å²) in [4.78, 5) is 25.3. The first-order chi connectivity index (χ1) is 8.74. The van der Waals surface area contributed by atoms with Crippen molar-refractivity contribution in [1.29, 1.82) is 0 Å². The Bertz CT molecular complexity index is 453. The number of thiophene rings is 1. The Morgan fingerprint density at radius 3 is 3.00 bits per heavy atom. The quantitative estimate of drug-likeness (QED) is 0.781. The van der Waals surface area contributed by atoms with Crippen LogP contribution in [-0.2, 0) is 9.53 Å². The molecule has 1 aromatic heterocycles. The van der Waals surface area contributed by atoms with Gasteiger partial charge >= 0.3 is 5.97 Å². The van der Waals surface area contributed by atoms with E-state index >= 15 is 0 Å². The van der Waals surface area contributed by atoms with E-state index in [0.717, 1.165) is 19.4 Å². The maximum Gasteiger partial charge on any atom is 0.338 e. The summed E-state index contributed by atoms with van der Waals surface area (Å²) < 4.78 is 5.26. The van der Waals surface area contributed by atoms with E-state index in [1.54, 1.807) is 11.4 Å². The first kappa shape index (κ1) is 11.7. The molecule has 2 aliphatic rings. The molecule has 0 aromatic carbocycles. The molecule has 0 bridgehead atoms. The van der Waals surface area contributed by atoms with Gasteiger partial charge in [0.25, 0.3) is 0 Å². The van der Waals surface area contributed by atoms with Gasteiger partial charge < -0.3 is 9.64 Å². The Hall–Kier alpha value is -1.36. The molecule has 1 saturated carbocycles. The number of amides is 1. The number of ether oxygens (including phenoxy) is 1. The summed E-state index contributed by atoms with van der Waals surface area (Å²) in [5.41, 5.74) is 0.600. The Morgan fingerprint density at radius 2 is 2.33 bits per heavy atom. The zero-order chi connectivity index (χ0) is 12.5. The molecular formula is C13H15NO3S. The van der Waals surface area contributed by atoms with Crippen molar-refractivity contribution in [2.24, 2.45) is 5.92 Å². The fraction of sp³-hybridized carbons (Fsp3) is 0.538. The number of esters is 1. The zero-order valence-corrected chi connectivity index (χ0v) is 10.8. The number of hydrogen-bond donors (Lipinski definition) is 0. The van der Waals surface area contributed by atoms with Crippen LogP contribution in [-0.4, -0.2) is 36.0 Å². The van der Waals surface area contributed by atoms with Crippen molar-refractivity contribution in [3.05, 3.63) is 22.4 Å². The Kier molecular flexibility index (Phi) is 3.07. The summed E-state index contributed by atoms with van der Waals surface area (Å²) in [6.45, 7) is 1.10. The second-order valence-corrected chi connectivity index (χ2v) is 5.74. The zero-order valence-electron chi connectivity index (χ0n) is 10.0. The number of nitrogens with zero attached hydrogens (tertiary/aromatic N) is 1. The predicted octanol–water partition coefficient (Wildman–Crippen LogP) is 1.92.